The predicted molar refractivity (Wildman–Crippen MR) is 108 cm³/mol. The molecule has 0 spiro atoms. The molecule has 2 aromatic rings. The molecule has 8 nitrogen and oxygen atoms in total. The highest BCUT2D eigenvalue weighted by molar-refractivity contribution is 5.91. The molecule has 0 fully saturated rings. The molecule has 0 saturated heterocycles. The van der Waals surface area contributed by atoms with E-state index < -0.39 is 6.29 Å². The zero-order chi connectivity index (χ0) is 20.4. The van der Waals surface area contributed by atoms with Crippen LogP contribution in [0.4, 0.5) is 5.69 Å². The molecule has 28 heavy (non-hydrogen) atoms. The first-order chi connectivity index (χ1) is 13.5. The number of ether oxygens (including phenoxy) is 2. The maximum atomic E-state index is 12.2. The SMILES string of the molecule is CCOC(Cn1cc(C(=O)NCCCc2ccc(N(C)C)cc2)nn1)OCC. The van der Waals surface area contributed by atoms with E-state index in [1.807, 2.05) is 27.9 Å². The minimum Gasteiger partial charge on any atom is -0.378 e. The van der Waals surface area contributed by atoms with Crippen molar-refractivity contribution in [3.05, 3.63) is 41.7 Å². The van der Waals surface area contributed by atoms with Gasteiger partial charge in [0.2, 0.25) is 0 Å². The average Bonchev–Trinajstić information content (AvgIpc) is 3.14. The number of nitrogens with one attached hydrogen (secondary N) is 1. The van der Waals surface area contributed by atoms with Crippen molar-refractivity contribution in [2.75, 3.05) is 38.8 Å². The van der Waals surface area contributed by atoms with E-state index in [0.29, 0.717) is 32.0 Å². The maximum absolute atomic E-state index is 12.2. The summed E-state index contributed by atoms with van der Waals surface area (Å²) in [4.78, 5) is 14.3. The number of aromatic nitrogens is 3. The van der Waals surface area contributed by atoms with Crippen LogP contribution in [-0.2, 0) is 22.4 Å². The molecule has 1 aromatic carbocycles. The van der Waals surface area contributed by atoms with E-state index in [4.69, 9.17) is 9.47 Å². The standard InChI is InChI=1S/C20H31N5O3/c1-5-27-19(28-6-2)15-25-14-18(22-23-25)20(26)21-13-7-8-16-9-11-17(12-10-16)24(3)4/h9-12,14,19H,5-8,13,15H2,1-4H3,(H,21,26). The van der Waals surface area contributed by atoms with Gasteiger partial charge in [0.25, 0.3) is 5.91 Å². The Labute approximate surface area is 166 Å². The van der Waals surface area contributed by atoms with Crippen molar-refractivity contribution in [2.24, 2.45) is 0 Å². The fourth-order valence-corrected chi connectivity index (χ4v) is 2.72. The summed E-state index contributed by atoms with van der Waals surface area (Å²) in [5.41, 5.74) is 2.72. The number of nitrogens with zero attached hydrogens (tertiary/aromatic N) is 4. The van der Waals surface area contributed by atoms with Crippen molar-refractivity contribution in [3.8, 4) is 0 Å². The number of hydrogen-bond acceptors (Lipinski definition) is 6. The van der Waals surface area contributed by atoms with Crippen LogP contribution in [0.1, 0.15) is 36.3 Å². The minimum atomic E-state index is -0.397. The second kappa shape index (κ2) is 11.4. The van der Waals surface area contributed by atoms with Gasteiger partial charge in [-0.2, -0.15) is 0 Å². The zero-order valence-electron chi connectivity index (χ0n) is 17.2. The molecule has 0 unspecified atom stereocenters. The molecular formula is C20H31N5O3. The first-order valence-electron chi connectivity index (χ1n) is 9.71. The number of carbonyl (C=O) groups is 1. The summed E-state index contributed by atoms with van der Waals surface area (Å²) in [5.74, 6) is -0.224. The Morgan fingerprint density at radius 2 is 1.86 bits per heavy atom. The van der Waals surface area contributed by atoms with E-state index in [1.165, 1.54) is 11.3 Å². The molecule has 8 heteroatoms. The Morgan fingerprint density at radius 3 is 2.46 bits per heavy atom. The summed E-state index contributed by atoms with van der Waals surface area (Å²) in [6, 6.07) is 8.44. The molecule has 1 heterocycles. The Hall–Kier alpha value is -2.45. The van der Waals surface area contributed by atoms with Crippen LogP contribution < -0.4 is 10.2 Å². The molecule has 0 atom stereocenters. The van der Waals surface area contributed by atoms with Gasteiger partial charge in [0.05, 0.1) is 12.7 Å². The normalized spacial score (nSPS) is 11.0. The van der Waals surface area contributed by atoms with Crippen molar-refractivity contribution < 1.29 is 14.3 Å². The molecule has 1 aromatic heterocycles. The number of amides is 1. The topological polar surface area (TPSA) is 81.5 Å². The van der Waals surface area contributed by atoms with E-state index in [2.05, 4.69) is 44.8 Å². The van der Waals surface area contributed by atoms with E-state index in [-0.39, 0.29) is 5.91 Å². The predicted octanol–water partition coefficient (Wildman–Crippen LogP) is 2.11. The molecule has 1 N–H and O–H groups in total. The number of aryl methyl sites for hydroxylation is 1. The summed E-state index contributed by atoms with van der Waals surface area (Å²) in [7, 11) is 4.04. The largest absolute Gasteiger partial charge is 0.378 e. The summed E-state index contributed by atoms with van der Waals surface area (Å²) >= 11 is 0. The van der Waals surface area contributed by atoms with Gasteiger partial charge in [-0.15, -0.1) is 5.10 Å². The lowest BCUT2D eigenvalue weighted by Crippen LogP contribution is -2.25. The Balaban J connectivity index is 1.75. The molecule has 0 aliphatic heterocycles. The molecule has 0 aliphatic carbocycles. The van der Waals surface area contributed by atoms with Crippen LogP contribution in [0.2, 0.25) is 0 Å². The molecule has 0 aliphatic rings. The van der Waals surface area contributed by atoms with Gasteiger partial charge in [-0.05, 0) is 44.4 Å². The molecule has 0 radical (unpaired) electrons. The summed E-state index contributed by atoms with van der Waals surface area (Å²) in [5, 5.41) is 10.8. The van der Waals surface area contributed by atoms with Crippen LogP contribution in [0.25, 0.3) is 0 Å². The smallest absolute Gasteiger partial charge is 0.273 e. The van der Waals surface area contributed by atoms with Crippen LogP contribution in [0, 0.1) is 0 Å². The number of anilines is 1. The van der Waals surface area contributed by atoms with E-state index in [0.717, 1.165) is 12.8 Å². The van der Waals surface area contributed by atoms with Crippen LogP contribution in [-0.4, -0.2) is 61.0 Å². The number of benzene rings is 1. The first-order valence-corrected chi connectivity index (χ1v) is 9.71. The van der Waals surface area contributed by atoms with Gasteiger partial charge in [0, 0.05) is 39.5 Å². The summed E-state index contributed by atoms with van der Waals surface area (Å²) in [6.45, 7) is 5.88. The van der Waals surface area contributed by atoms with Gasteiger partial charge in [0.15, 0.2) is 12.0 Å². The van der Waals surface area contributed by atoms with Crippen molar-refractivity contribution in [2.45, 2.75) is 39.5 Å². The van der Waals surface area contributed by atoms with Crippen molar-refractivity contribution in [1.29, 1.82) is 0 Å². The van der Waals surface area contributed by atoms with Crippen LogP contribution in [0.3, 0.4) is 0 Å². The highest BCUT2D eigenvalue weighted by Crippen LogP contribution is 2.13. The van der Waals surface area contributed by atoms with Gasteiger partial charge in [-0.3, -0.25) is 4.79 Å². The van der Waals surface area contributed by atoms with Gasteiger partial charge < -0.3 is 19.7 Å². The third-order valence-corrected chi connectivity index (χ3v) is 4.19. The summed E-state index contributed by atoms with van der Waals surface area (Å²) < 4.78 is 12.5. The Kier molecular flexibility index (Phi) is 8.90. The summed E-state index contributed by atoms with van der Waals surface area (Å²) in [6.07, 6.45) is 2.98. The zero-order valence-corrected chi connectivity index (χ0v) is 17.2. The third-order valence-electron chi connectivity index (χ3n) is 4.19. The van der Waals surface area contributed by atoms with Gasteiger partial charge in [-0.1, -0.05) is 17.3 Å². The van der Waals surface area contributed by atoms with Crippen molar-refractivity contribution >= 4 is 11.6 Å². The number of rotatable bonds is 12. The van der Waals surface area contributed by atoms with Gasteiger partial charge in [-0.25, -0.2) is 4.68 Å². The van der Waals surface area contributed by atoms with Crippen LogP contribution in [0.15, 0.2) is 30.5 Å². The van der Waals surface area contributed by atoms with E-state index in [9.17, 15) is 4.79 Å². The van der Waals surface area contributed by atoms with Gasteiger partial charge in [0.1, 0.15) is 0 Å². The molecule has 0 bridgehead atoms. The number of carbonyl (C=O) groups excluding carboxylic acids is 1. The molecule has 2 rings (SSSR count). The lowest BCUT2D eigenvalue weighted by molar-refractivity contribution is -0.145. The average molecular weight is 390 g/mol. The molecular weight excluding hydrogens is 358 g/mol. The van der Waals surface area contributed by atoms with Crippen molar-refractivity contribution in [1.82, 2.24) is 20.3 Å². The third kappa shape index (κ3) is 6.94. The highest BCUT2D eigenvalue weighted by atomic mass is 16.7. The minimum absolute atomic E-state index is 0.224. The molecule has 1 amide bonds. The fourth-order valence-electron chi connectivity index (χ4n) is 2.72. The fraction of sp³-hybridized carbons (Fsp3) is 0.550. The monoisotopic (exact) mass is 389 g/mol. The van der Waals surface area contributed by atoms with E-state index in [1.54, 1.807) is 10.9 Å². The molecule has 154 valence electrons. The first kappa shape index (κ1) is 21.8. The quantitative estimate of drug-likeness (QED) is 0.442. The second-order valence-electron chi connectivity index (χ2n) is 6.59. The number of hydrogen-bond donors (Lipinski definition) is 1. The Morgan fingerprint density at radius 1 is 1.18 bits per heavy atom. The lowest BCUT2D eigenvalue weighted by atomic mass is 10.1. The van der Waals surface area contributed by atoms with E-state index >= 15 is 0 Å². The van der Waals surface area contributed by atoms with Crippen LogP contribution in [0.5, 0.6) is 0 Å². The van der Waals surface area contributed by atoms with Crippen molar-refractivity contribution in [3.63, 3.8) is 0 Å². The lowest BCUT2D eigenvalue weighted by Gasteiger charge is -2.16. The Bertz CT molecular complexity index is 709. The second-order valence-corrected chi connectivity index (χ2v) is 6.59. The maximum Gasteiger partial charge on any atom is 0.273 e. The molecule has 0 saturated carbocycles. The van der Waals surface area contributed by atoms with Crippen LogP contribution >= 0.6 is 0 Å². The van der Waals surface area contributed by atoms with Gasteiger partial charge >= 0.3 is 0 Å². The highest BCUT2D eigenvalue weighted by Gasteiger charge is 2.14.